The minimum atomic E-state index is -0.568. The van der Waals surface area contributed by atoms with E-state index in [1.807, 2.05) is 65.0 Å². The molecule has 1 aromatic heterocycles. The molecule has 0 saturated heterocycles. The van der Waals surface area contributed by atoms with Gasteiger partial charge in [0.15, 0.2) is 5.96 Å². The second-order valence-corrected chi connectivity index (χ2v) is 6.99. The Morgan fingerprint density at radius 3 is 2.48 bits per heavy atom. The van der Waals surface area contributed by atoms with Gasteiger partial charge in [0, 0.05) is 18.5 Å². The lowest BCUT2D eigenvalue weighted by Crippen LogP contribution is -2.42. The molecule has 6 nitrogen and oxygen atoms in total. The molecule has 0 aliphatic rings. The van der Waals surface area contributed by atoms with Crippen molar-refractivity contribution in [3.05, 3.63) is 36.1 Å². The molecule has 0 bridgehead atoms. The van der Waals surface area contributed by atoms with E-state index >= 15 is 0 Å². The fourth-order valence-electron chi connectivity index (χ4n) is 2.56. The molecule has 2 aromatic rings. The maximum absolute atomic E-state index is 12.1. The molecule has 150 valence electrons. The van der Waals surface area contributed by atoms with Crippen LogP contribution in [-0.4, -0.2) is 31.5 Å². The van der Waals surface area contributed by atoms with E-state index in [0.29, 0.717) is 19.0 Å². The number of carbonyl (C=O) groups is 1. The van der Waals surface area contributed by atoms with E-state index in [2.05, 4.69) is 20.9 Å². The van der Waals surface area contributed by atoms with E-state index in [-0.39, 0.29) is 35.9 Å². The number of para-hydroxylation sites is 1. The third-order valence-electron chi connectivity index (χ3n) is 4.15. The topological polar surface area (TPSA) is 78.7 Å². The Balaban J connectivity index is 0.00000364. The van der Waals surface area contributed by atoms with Gasteiger partial charge in [0.1, 0.15) is 11.3 Å². The van der Waals surface area contributed by atoms with Crippen LogP contribution in [-0.2, 0) is 4.79 Å². The molecule has 0 aliphatic carbocycles. The highest BCUT2D eigenvalue weighted by Gasteiger charge is 2.27. The number of carbonyl (C=O) groups excluding carboxylic acids is 1. The van der Waals surface area contributed by atoms with Crippen LogP contribution in [0.2, 0.25) is 0 Å². The van der Waals surface area contributed by atoms with Crippen LogP contribution in [0.15, 0.2) is 39.7 Å². The molecule has 0 spiro atoms. The van der Waals surface area contributed by atoms with Crippen LogP contribution in [0.3, 0.4) is 0 Å². The highest BCUT2D eigenvalue weighted by molar-refractivity contribution is 14.0. The number of amides is 1. The molecule has 0 saturated carbocycles. The molecular weight excluding hydrogens is 455 g/mol. The van der Waals surface area contributed by atoms with Gasteiger partial charge >= 0.3 is 0 Å². The van der Waals surface area contributed by atoms with E-state index in [4.69, 9.17) is 4.42 Å². The summed E-state index contributed by atoms with van der Waals surface area (Å²) in [5.74, 6) is 1.52. The first-order chi connectivity index (χ1) is 12.4. The van der Waals surface area contributed by atoms with Crippen molar-refractivity contribution >= 4 is 46.8 Å². The van der Waals surface area contributed by atoms with Gasteiger partial charge in [-0.1, -0.05) is 18.2 Å². The van der Waals surface area contributed by atoms with E-state index in [0.717, 1.165) is 23.3 Å². The lowest BCUT2D eigenvalue weighted by Gasteiger charge is -2.22. The molecule has 0 radical (unpaired) electrons. The summed E-state index contributed by atoms with van der Waals surface area (Å²) < 4.78 is 5.92. The van der Waals surface area contributed by atoms with Crippen molar-refractivity contribution in [3.63, 3.8) is 0 Å². The van der Waals surface area contributed by atoms with Gasteiger partial charge in [-0.3, -0.25) is 9.79 Å². The second kappa shape index (κ2) is 10.5. The van der Waals surface area contributed by atoms with Gasteiger partial charge in [-0.15, -0.1) is 24.0 Å². The van der Waals surface area contributed by atoms with Crippen LogP contribution < -0.4 is 16.0 Å². The van der Waals surface area contributed by atoms with E-state index in [9.17, 15) is 4.79 Å². The Bertz CT molecular complexity index is 737. The zero-order valence-electron chi connectivity index (χ0n) is 16.8. The number of rotatable bonds is 7. The Labute approximate surface area is 178 Å². The minimum Gasteiger partial charge on any atom is -0.459 e. The summed E-state index contributed by atoms with van der Waals surface area (Å²) in [5.41, 5.74) is 0.302. The summed E-state index contributed by atoms with van der Waals surface area (Å²) in [6, 6.07) is 9.93. The van der Waals surface area contributed by atoms with Crippen molar-refractivity contribution in [3.8, 4) is 0 Å². The molecule has 1 atom stereocenters. The van der Waals surface area contributed by atoms with Crippen molar-refractivity contribution in [2.75, 3.05) is 19.6 Å². The van der Waals surface area contributed by atoms with Gasteiger partial charge in [-0.2, -0.15) is 0 Å². The molecule has 1 aromatic carbocycles. The summed E-state index contributed by atoms with van der Waals surface area (Å²) in [6.07, 6.45) is 0. The fourth-order valence-corrected chi connectivity index (χ4v) is 2.56. The predicted octanol–water partition coefficient (Wildman–Crippen LogP) is 3.83. The molecule has 0 aliphatic heterocycles. The number of hydrogen-bond acceptors (Lipinski definition) is 3. The Hall–Kier alpha value is -1.77. The number of furan rings is 1. The quantitative estimate of drug-likeness (QED) is 0.316. The van der Waals surface area contributed by atoms with Crippen LogP contribution in [0.25, 0.3) is 11.0 Å². The number of nitrogens with zero attached hydrogens (tertiary/aromatic N) is 1. The van der Waals surface area contributed by atoms with Crippen molar-refractivity contribution in [2.45, 2.75) is 40.7 Å². The summed E-state index contributed by atoms with van der Waals surface area (Å²) in [4.78, 5) is 16.7. The van der Waals surface area contributed by atoms with Crippen LogP contribution in [0.1, 0.15) is 46.4 Å². The van der Waals surface area contributed by atoms with Crippen molar-refractivity contribution in [1.29, 1.82) is 0 Å². The summed E-state index contributed by atoms with van der Waals surface area (Å²) >= 11 is 0. The summed E-state index contributed by atoms with van der Waals surface area (Å²) in [7, 11) is 0. The largest absolute Gasteiger partial charge is 0.459 e. The third kappa shape index (κ3) is 6.41. The zero-order chi connectivity index (χ0) is 19.2. The van der Waals surface area contributed by atoms with E-state index in [1.165, 1.54) is 0 Å². The van der Waals surface area contributed by atoms with Crippen LogP contribution >= 0.6 is 24.0 Å². The van der Waals surface area contributed by atoms with Gasteiger partial charge in [0.2, 0.25) is 5.91 Å². The van der Waals surface area contributed by atoms with Gasteiger partial charge in [-0.25, -0.2) is 0 Å². The van der Waals surface area contributed by atoms with Crippen LogP contribution in [0, 0.1) is 5.41 Å². The average Bonchev–Trinajstić information content (AvgIpc) is 3.04. The lowest BCUT2D eigenvalue weighted by molar-refractivity contribution is -0.128. The smallest absolute Gasteiger partial charge is 0.227 e. The summed E-state index contributed by atoms with van der Waals surface area (Å²) in [5, 5.41) is 10.5. The van der Waals surface area contributed by atoms with Gasteiger partial charge < -0.3 is 20.4 Å². The Morgan fingerprint density at radius 2 is 1.85 bits per heavy atom. The number of hydrogen-bond donors (Lipinski definition) is 3. The molecular formula is C20H31IN4O2. The predicted molar refractivity (Wildman–Crippen MR) is 122 cm³/mol. The third-order valence-corrected chi connectivity index (χ3v) is 4.15. The zero-order valence-corrected chi connectivity index (χ0v) is 19.1. The van der Waals surface area contributed by atoms with Crippen molar-refractivity contribution in [1.82, 2.24) is 16.0 Å². The highest BCUT2D eigenvalue weighted by atomic mass is 127. The molecule has 0 fully saturated rings. The van der Waals surface area contributed by atoms with Crippen LogP contribution in [0.5, 0.6) is 0 Å². The highest BCUT2D eigenvalue weighted by Crippen LogP contribution is 2.23. The number of nitrogens with one attached hydrogen (secondary N) is 3. The maximum atomic E-state index is 12.1. The normalized spacial score (nSPS) is 13.0. The van der Waals surface area contributed by atoms with E-state index in [1.54, 1.807) is 0 Å². The molecule has 3 N–H and O–H groups in total. The molecule has 7 heteroatoms. The Morgan fingerprint density at radius 1 is 1.19 bits per heavy atom. The van der Waals surface area contributed by atoms with E-state index < -0.39 is 5.41 Å². The first-order valence-electron chi connectivity index (χ1n) is 9.19. The first-order valence-corrected chi connectivity index (χ1v) is 9.19. The van der Waals surface area contributed by atoms with Gasteiger partial charge in [-0.05, 0) is 46.8 Å². The minimum absolute atomic E-state index is 0. The standard InChI is InChI=1S/C20H30N4O2.HI/c1-6-21-18(25)20(4,5)13-23-19(22-7-2)24-14(3)17-12-15-10-8-9-11-16(15)26-17;/h8-12,14H,6-7,13H2,1-5H3,(H,21,25)(H2,22,23,24);1H. The lowest BCUT2D eigenvalue weighted by atomic mass is 9.92. The van der Waals surface area contributed by atoms with Gasteiger partial charge in [0.05, 0.1) is 18.0 Å². The number of aliphatic imine (C=N–C) groups is 1. The average molecular weight is 486 g/mol. The molecule has 1 unspecified atom stereocenters. The number of guanidine groups is 1. The molecule has 2 rings (SSSR count). The molecule has 1 amide bonds. The number of fused-ring (bicyclic) bond motifs is 1. The monoisotopic (exact) mass is 486 g/mol. The second-order valence-electron chi connectivity index (χ2n) is 6.99. The Kier molecular flexibility index (Phi) is 9.08. The van der Waals surface area contributed by atoms with Crippen molar-refractivity contribution in [2.24, 2.45) is 10.4 Å². The maximum Gasteiger partial charge on any atom is 0.227 e. The van der Waals surface area contributed by atoms with Crippen LogP contribution in [0.4, 0.5) is 0 Å². The SMILES string of the molecule is CCNC(=O)C(C)(C)CN=C(NCC)NC(C)c1cc2ccccc2o1.I. The number of halogens is 1. The number of benzene rings is 1. The first kappa shape index (κ1) is 23.3. The van der Waals surface area contributed by atoms with Gasteiger partial charge in [0.25, 0.3) is 0 Å². The van der Waals surface area contributed by atoms with Crippen molar-refractivity contribution < 1.29 is 9.21 Å². The molecule has 27 heavy (non-hydrogen) atoms. The fraction of sp³-hybridized carbons (Fsp3) is 0.500. The molecule has 1 heterocycles. The summed E-state index contributed by atoms with van der Waals surface area (Å²) in [6.45, 7) is 11.5.